The second-order valence-corrected chi connectivity index (χ2v) is 6.65. The average molecular weight is 338 g/mol. The molecule has 17 heavy (non-hydrogen) atoms. The quantitative estimate of drug-likeness (QED) is 0.777. The van der Waals surface area contributed by atoms with Crippen LogP contribution in [0.4, 0.5) is 5.00 Å². The van der Waals surface area contributed by atoms with Crippen LogP contribution in [-0.2, 0) is 9.59 Å². The molecule has 1 rings (SSSR count). The number of carbonyl (C=O) groups is 2. The second-order valence-electron chi connectivity index (χ2n) is 3.23. The van der Waals surface area contributed by atoms with Gasteiger partial charge in [0.05, 0.1) is 8.79 Å². The molecule has 0 bridgehead atoms. The first-order valence-electron chi connectivity index (χ1n) is 4.81. The fourth-order valence-corrected chi connectivity index (χ4v) is 3.17. The Hall–Kier alpha value is -0.530. The Bertz CT molecular complexity index is 397. The summed E-state index contributed by atoms with van der Waals surface area (Å²) in [4.78, 5) is 23.5. The van der Waals surface area contributed by atoms with Gasteiger partial charge in [0.25, 0.3) is 0 Å². The number of carbonyl (C=O) groups excluding carboxylic acids is 1. The number of carboxylic acid groups (broad SMARTS) is 1. The number of nitrogens with zero attached hydrogens (tertiary/aromatic N) is 1. The molecule has 1 aromatic rings. The minimum atomic E-state index is -0.976. The maximum absolute atomic E-state index is 11.2. The van der Waals surface area contributed by atoms with Gasteiger partial charge >= 0.3 is 5.97 Å². The summed E-state index contributed by atoms with van der Waals surface area (Å²) in [6, 6.07) is 2.73. The minimum Gasteiger partial charge on any atom is -0.480 e. The lowest BCUT2D eigenvalue weighted by Gasteiger charge is -2.23. The lowest BCUT2D eigenvalue weighted by Crippen LogP contribution is -2.40. The van der Waals surface area contributed by atoms with Gasteiger partial charge in [0, 0.05) is 0 Å². The van der Waals surface area contributed by atoms with Crippen LogP contribution >= 0.6 is 39.0 Å². The SMILES string of the molecule is CSCCC(C(=O)O)N(C=O)c1ccc(Br)s1. The smallest absolute Gasteiger partial charge is 0.326 e. The van der Waals surface area contributed by atoms with Gasteiger partial charge in [-0.25, -0.2) is 4.79 Å². The van der Waals surface area contributed by atoms with Crippen molar-refractivity contribution in [1.29, 1.82) is 0 Å². The third-order valence-corrected chi connectivity index (χ3v) is 4.42. The zero-order valence-electron chi connectivity index (χ0n) is 9.13. The molecule has 0 saturated heterocycles. The van der Waals surface area contributed by atoms with Crippen molar-refractivity contribution >= 4 is 56.4 Å². The third kappa shape index (κ3) is 4.01. The molecule has 94 valence electrons. The summed E-state index contributed by atoms with van der Waals surface area (Å²) in [5.41, 5.74) is 0. The molecule has 1 heterocycles. The van der Waals surface area contributed by atoms with Crippen LogP contribution in [-0.4, -0.2) is 35.5 Å². The Balaban J connectivity index is 2.88. The van der Waals surface area contributed by atoms with Gasteiger partial charge in [0.1, 0.15) is 6.04 Å². The highest BCUT2D eigenvalue weighted by atomic mass is 79.9. The van der Waals surface area contributed by atoms with E-state index in [-0.39, 0.29) is 0 Å². The predicted molar refractivity (Wildman–Crippen MR) is 75.0 cm³/mol. The van der Waals surface area contributed by atoms with Crippen LogP contribution in [0.5, 0.6) is 0 Å². The van der Waals surface area contributed by atoms with Crippen molar-refractivity contribution in [1.82, 2.24) is 0 Å². The Morgan fingerprint density at radius 2 is 2.41 bits per heavy atom. The Morgan fingerprint density at radius 1 is 1.71 bits per heavy atom. The number of carboxylic acids is 1. The number of anilines is 1. The van der Waals surface area contributed by atoms with Gasteiger partial charge in [-0.2, -0.15) is 11.8 Å². The summed E-state index contributed by atoms with van der Waals surface area (Å²) in [7, 11) is 0. The van der Waals surface area contributed by atoms with Crippen LogP contribution in [0.25, 0.3) is 0 Å². The number of thioether (sulfide) groups is 1. The maximum Gasteiger partial charge on any atom is 0.326 e. The first kappa shape index (κ1) is 14.5. The summed E-state index contributed by atoms with van der Waals surface area (Å²) in [6.07, 6.45) is 2.92. The van der Waals surface area contributed by atoms with Crippen molar-refractivity contribution in [3.63, 3.8) is 0 Å². The molecule has 0 fully saturated rings. The molecule has 0 aliphatic rings. The molecule has 1 amide bonds. The molecular formula is C10H12BrNO3S2. The van der Waals surface area contributed by atoms with E-state index >= 15 is 0 Å². The van der Waals surface area contributed by atoms with Gasteiger partial charge in [0.2, 0.25) is 6.41 Å². The summed E-state index contributed by atoms with van der Waals surface area (Å²) in [6.45, 7) is 0. The monoisotopic (exact) mass is 337 g/mol. The fourth-order valence-electron chi connectivity index (χ4n) is 1.33. The molecule has 0 spiro atoms. The van der Waals surface area contributed by atoms with Crippen molar-refractivity contribution in [2.45, 2.75) is 12.5 Å². The van der Waals surface area contributed by atoms with E-state index < -0.39 is 12.0 Å². The highest BCUT2D eigenvalue weighted by Crippen LogP contribution is 2.31. The van der Waals surface area contributed by atoms with Crippen LogP contribution in [0.15, 0.2) is 15.9 Å². The largest absolute Gasteiger partial charge is 0.480 e. The molecule has 1 unspecified atom stereocenters. The standard InChI is InChI=1S/C10H12BrNO3S2/c1-16-5-4-7(10(14)15)12(6-13)9-3-2-8(11)17-9/h2-3,6-7H,4-5H2,1H3,(H,14,15). The summed E-state index contributed by atoms with van der Waals surface area (Å²) < 4.78 is 0.869. The number of halogens is 1. The van der Waals surface area contributed by atoms with E-state index in [1.807, 2.05) is 6.26 Å². The first-order chi connectivity index (χ1) is 8.10. The molecule has 0 aromatic carbocycles. The van der Waals surface area contributed by atoms with Crippen LogP contribution < -0.4 is 4.90 Å². The van der Waals surface area contributed by atoms with Gasteiger partial charge in [0.15, 0.2) is 0 Å². The molecule has 0 radical (unpaired) electrons. The third-order valence-electron chi connectivity index (χ3n) is 2.14. The molecule has 1 atom stereocenters. The van der Waals surface area contributed by atoms with E-state index in [9.17, 15) is 9.59 Å². The number of amides is 1. The molecule has 0 saturated carbocycles. The number of thiophene rings is 1. The minimum absolute atomic E-state index is 0.435. The van der Waals surface area contributed by atoms with Crippen molar-refractivity contribution in [2.75, 3.05) is 16.9 Å². The van der Waals surface area contributed by atoms with Crippen LogP contribution in [0.3, 0.4) is 0 Å². The van der Waals surface area contributed by atoms with Crippen molar-refractivity contribution in [3.8, 4) is 0 Å². The highest BCUT2D eigenvalue weighted by Gasteiger charge is 2.26. The number of hydrogen-bond acceptors (Lipinski definition) is 4. The molecule has 1 aromatic heterocycles. The normalized spacial score (nSPS) is 12.1. The second kappa shape index (κ2) is 7.03. The topological polar surface area (TPSA) is 57.6 Å². The number of rotatable bonds is 7. The summed E-state index contributed by atoms with van der Waals surface area (Å²) in [5.74, 6) is -0.274. The van der Waals surface area contributed by atoms with E-state index in [1.165, 1.54) is 16.2 Å². The molecule has 7 heteroatoms. The van der Waals surface area contributed by atoms with Gasteiger partial charge in [-0.05, 0) is 46.5 Å². The lowest BCUT2D eigenvalue weighted by molar-refractivity contribution is -0.139. The summed E-state index contributed by atoms with van der Waals surface area (Å²) >= 11 is 6.20. The van der Waals surface area contributed by atoms with Crippen molar-refractivity contribution in [3.05, 3.63) is 15.9 Å². The van der Waals surface area contributed by atoms with Crippen LogP contribution in [0.1, 0.15) is 6.42 Å². The van der Waals surface area contributed by atoms with Gasteiger partial charge in [-0.15, -0.1) is 11.3 Å². The zero-order chi connectivity index (χ0) is 12.8. The molecular weight excluding hydrogens is 326 g/mol. The van der Waals surface area contributed by atoms with Gasteiger partial charge in [-0.3, -0.25) is 9.69 Å². The van der Waals surface area contributed by atoms with E-state index in [0.29, 0.717) is 23.6 Å². The fraction of sp³-hybridized carbons (Fsp3) is 0.400. The molecule has 0 aliphatic carbocycles. The molecule has 4 nitrogen and oxygen atoms in total. The first-order valence-corrected chi connectivity index (χ1v) is 7.81. The molecule has 1 N–H and O–H groups in total. The number of hydrogen-bond donors (Lipinski definition) is 1. The van der Waals surface area contributed by atoms with Crippen molar-refractivity contribution in [2.24, 2.45) is 0 Å². The Morgan fingerprint density at radius 3 is 2.82 bits per heavy atom. The molecule has 0 aliphatic heterocycles. The van der Waals surface area contributed by atoms with E-state index in [2.05, 4.69) is 15.9 Å². The van der Waals surface area contributed by atoms with Crippen LogP contribution in [0, 0.1) is 0 Å². The Labute approximate surface area is 116 Å². The number of aliphatic carboxylic acids is 1. The average Bonchev–Trinajstić information content (AvgIpc) is 2.70. The predicted octanol–water partition coefficient (Wildman–Crippen LogP) is 2.68. The van der Waals surface area contributed by atoms with Crippen molar-refractivity contribution < 1.29 is 14.7 Å². The maximum atomic E-state index is 11.2. The van der Waals surface area contributed by atoms with E-state index in [1.54, 1.807) is 23.9 Å². The Kier molecular flexibility index (Phi) is 6.01. The highest BCUT2D eigenvalue weighted by molar-refractivity contribution is 9.11. The van der Waals surface area contributed by atoms with Gasteiger partial charge in [-0.1, -0.05) is 0 Å². The van der Waals surface area contributed by atoms with E-state index in [0.717, 1.165) is 3.79 Å². The van der Waals surface area contributed by atoms with E-state index in [4.69, 9.17) is 5.11 Å². The summed E-state index contributed by atoms with van der Waals surface area (Å²) in [5, 5.41) is 9.79. The van der Waals surface area contributed by atoms with Crippen LogP contribution in [0.2, 0.25) is 0 Å². The lowest BCUT2D eigenvalue weighted by atomic mass is 10.2. The van der Waals surface area contributed by atoms with Gasteiger partial charge < -0.3 is 5.11 Å². The zero-order valence-corrected chi connectivity index (χ0v) is 12.3.